The molecule has 2 heterocycles. The molecule has 2 aromatic heterocycles. The third-order valence-electron chi connectivity index (χ3n) is 2.55. The highest BCUT2D eigenvalue weighted by Crippen LogP contribution is 2.18. The van der Waals surface area contributed by atoms with Crippen molar-refractivity contribution in [1.29, 1.82) is 0 Å². The van der Waals surface area contributed by atoms with E-state index >= 15 is 0 Å². The SMILES string of the molecule is CCOC(=O)c1sc2nc(C)cc(C)[n+]2c1C.[O-][Cl+3]([O-])([O-])[O-]. The molecular formula is C12H15ClN2O6S. The molecule has 0 aromatic carbocycles. The van der Waals surface area contributed by atoms with E-state index < -0.39 is 10.2 Å². The summed E-state index contributed by atoms with van der Waals surface area (Å²) in [6.45, 7) is 8.08. The summed E-state index contributed by atoms with van der Waals surface area (Å²) in [5, 5.41) is 0. The average Bonchev–Trinajstić information content (AvgIpc) is 2.64. The summed E-state index contributed by atoms with van der Waals surface area (Å²) in [6, 6.07) is 2.00. The maximum Gasteiger partial charge on any atom is 0.388 e. The van der Waals surface area contributed by atoms with Crippen molar-refractivity contribution in [3.8, 4) is 0 Å². The number of hydrogen-bond acceptors (Lipinski definition) is 8. The summed E-state index contributed by atoms with van der Waals surface area (Å²) in [5.41, 5.74) is 2.93. The Morgan fingerprint density at radius 2 is 1.86 bits per heavy atom. The van der Waals surface area contributed by atoms with Gasteiger partial charge in [0.15, 0.2) is 10.6 Å². The Hall–Kier alpha value is -1.36. The quantitative estimate of drug-likeness (QED) is 0.422. The average molecular weight is 351 g/mol. The summed E-state index contributed by atoms with van der Waals surface area (Å²) in [6.07, 6.45) is 0. The Kier molecular flexibility index (Phi) is 6.17. The summed E-state index contributed by atoms with van der Waals surface area (Å²) < 4.78 is 41.0. The lowest BCUT2D eigenvalue weighted by molar-refractivity contribution is -2.00. The van der Waals surface area contributed by atoms with Crippen LogP contribution >= 0.6 is 11.3 Å². The summed E-state index contributed by atoms with van der Waals surface area (Å²) >= 11 is 1.38. The molecule has 0 N–H and O–H groups in total. The van der Waals surface area contributed by atoms with Crippen LogP contribution in [0.4, 0.5) is 0 Å². The lowest BCUT2D eigenvalue weighted by Gasteiger charge is -2.17. The van der Waals surface area contributed by atoms with E-state index in [1.165, 1.54) is 11.3 Å². The van der Waals surface area contributed by atoms with Crippen LogP contribution in [0.1, 0.15) is 33.7 Å². The third-order valence-corrected chi connectivity index (χ3v) is 3.67. The zero-order valence-corrected chi connectivity index (χ0v) is 14.0. The minimum absolute atomic E-state index is 0.266. The van der Waals surface area contributed by atoms with E-state index in [1.807, 2.05) is 31.2 Å². The van der Waals surface area contributed by atoms with Crippen molar-refractivity contribution in [2.75, 3.05) is 6.61 Å². The van der Waals surface area contributed by atoms with Gasteiger partial charge in [0.25, 0.3) is 0 Å². The first-order chi connectivity index (χ1) is 10.0. The number of thiazole rings is 1. The Balaban J connectivity index is 0.000000422. The maximum atomic E-state index is 11.8. The van der Waals surface area contributed by atoms with Gasteiger partial charge in [0.1, 0.15) is 11.4 Å². The number of aryl methyl sites for hydroxylation is 3. The number of esters is 1. The normalized spacial score (nSPS) is 11.1. The van der Waals surface area contributed by atoms with Gasteiger partial charge >= 0.3 is 10.9 Å². The fourth-order valence-corrected chi connectivity index (χ4v) is 3.01. The molecule has 0 aliphatic rings. The van der Waals surface area contributed by atoms with Gasteiger partial charge in [-0.25, -0.2) is 23.4 Å². The van der Waals surface area contributed by atoms with Crippen LogP contribution in [0, 0.1) is 31.0 Å². The van der Waals surface area contributed by atoms with Crippen molar-refractivity contribution in [2.24, 2.45) is 0 Å². The summed E-state index contributed by atoms with van der Waals surface area (Å²) in [7, 11) is -4.94. The number of nitrogens with zero attached hydrogens (tertiary/aromatic N) is 2. The van der Waals surface area contributed by atoms with Crippen molar-refractivity contribution in [3.63, 3.8) is 0 Å². The second-order valence-corrected chi connectivity index (χ2v) is 6.01. The van der Waals surface area contributed by atoms with Crippen LogP contribution < -0.4 is 23.0 Å². The molecule has 0 unspecified atom stereocenters. The molecule has 0 radical (unpaired) electrons. The smallest absolute Gasteiger partial charge is 0.388 e. The highest BCUT2D eigenvalue weighted by molar-refractivity contribution is 7.18. The molecule has 0 bridgehead atoms. The maximum absolute atomic E-state index is 11.8. The third kappa shape index (κ3) is 5.13. The topological polar surface area (TPSA) is 136 Å². The first-order valence-corrected chi connectivity index (χ1v) is 8.18. The van der Waals surface area contributed by atoms with E-state index in [1.54, 1.807) is 6.92 Å². The van der Waals surface area contributed by atoms with Gasteiger partial charge in [0.05, 0.1) is 6.61 Å². The minimum atomic E-state index is -4.94. The number of hydrogen-bond donors (Lipinski definition) is 0. The van der Waals surface area contributed by atoms with Crippen molar-refractivity contribution in [3.05, 3.63) is 28.0 Å². The van der Waals surface area contributed by atoms with E-state index in [0.29, 0.717) is 11.5 Å². The van der Waals surface area contributed by atoms with Crippen LogP contribution in [-0.4, -0.2) is 17.6 Å². The van der Waals surface area contributed by atoms with Crippen LogP contribution in [0.15, 0.2) is 6.07 Å². The molecule has 0 aliphatic carbocycles. The molecule has 0 spiro atoms. The number of carbonyl (C=O) groups is 1. The van der Waals surface area contributed by atoms with E-state index in [9.17, 15) is 4.79 Å². The molecule has 22 heavy (non-hydrogen) atoms. The fraction of sp³-hybridized carbons (Fsp3) is 0.417. The van der Waals surface area contributed by atoms with Gasteiger partial charge in [0, 0.05) is 13.0 Å². The van der Waals surface area contributed by atoms with E-state index in [-0.39, 0.29) is 5.97 Å². The Morgan fingerprint density at radius 1 is 1.32 bits per heavy atom. The highest BCUT2D eigenvalue weighted by Gasteiger charge is 2.24. The van der Waals surface area contributed by atoms with Gasteiger partial charge < -0.3 is 4.74 Å². The lowest BCUT2D eigenvalue weighted by atomic mass is 10.3. The van der Waals surface area contributed by atoms with Crippen LogP contribution in [0.5, 0.6) is 0 Å². The van der Waals surface area contributed by atoms with E-state index in [2.05, 4.69) is 4.98 Å². The summed E-state index contributed by atoms with van der Waals surface area (Å²) in [5.74, 6) is -0.266. The molecule has 10 heteroatoms. The zero-order chi connectivity index (χ0) is 17.1. The molecule has 122 valence electrons. The van der Waals surface area contributed by atoms with Crippen LogP contribution in [0.2, 0.25) is 0 Å². The van der Waals surface area contributed by atoms with E-state index in [0.717, 1.165) is 22.0 Å². The van der Waals surface area contributed by atoms with Gasteiger partial charge in [-0.1, -0.05) is 0 Å². The number of carbonyl (C=O) groups excluding carboxylic acids is 1. The molecule has 0 atom stereocenters. The van der Waals surface area contributed by atoms with Crippen LogP contribution in [0.3, 0.4) is 0 Å². The lowest BCUT2D eigenvalue weighted by Crippen LogP contribution is -2.68. The van der Waals surface area contributed by atoms with Crippen LogP contribution in [-0.2, 0) is 4.74 Å². The van der Waals surface area contributed by atoms with Crippen molar-refractivity contribution >= 4 is 22.3 Å². The molecule has 0 aliphatic heterocycles. The second-order valence-electron chi connectivity index (χ2n) is 4.27. The fourth-order valence-electron chi connectivity index (χ4n) is 1.88. The van der Waals surface area contributed by atoms with E-state index in [4.69, 9.17) is 23.4 Å². The van der Waals surface area contributed by atoms with Gasteiger partial charge in [-0.2, -0.15) is 4.40 Å². The number of halogens is 1. The number of aromatic nitrogens is 2. The summed E-state index contributed by atoms with van der Waals surface area (Å²) in [4.78, 5) is 17.7. The first-order valence-electron chi connectivity index (χ1n) is 6.12. The second kappa shape index (κ2) is 7.27. The Labute approximate surface area is 133 Å². The molecule has 2 aromatic rings. The zero-order valence-electron chi connectivity index (χ0n) is 12.4. The van der Waals surface area contributed by atoms with Gasteiger partial charge in [-0.05, 0) is 37.1 Å². The van der Waals surface area contributed by atoms with Gasteiger partial charge in [0.2, 0.25) is 0 Å². The number of fused-ring (bicyclic) bond motifs is 1. The molecule has 0 amide bonds. The predicted molar refractivity (Wildman–Crippen MR) is 65.4 cm³/mol. The molecular weight excluding hydrogens is 336 g/mol. The Morgan fingerprint density at radius 3 is 2.36 bits per heavy atom. The molecule has 0 saturated carbocycles. The highest BCUT2D eigenvalue weighted by atomic mass is 35.7. The molecule has 2 rings (SSSR count). The van der Waals surface area contributed by atoms with Crippen LogP contribution in [0.25, 0.3) is 4.96 Å². The van der Waals surface area contributed by atoms with Gasteiger partial charge in [-0.15, -0.1) is 10.2 Å². The number of rotatable bonds is 2. The standard InChI is InChI=1S/C12H15N2O2S.ClHO4/c1-5-16-11(15)10-9(4)14-8(3)6-7(2)13-12(14)17-10;2-1(3,4)5/h6H,5H2,1-4H3;(H,2,3,4,5)/q+1;/p-1. The monoisotopic (exact) mass is 350 g/mol. The van der Waals surface area contributed by atoms with Crippen molar-refractivity contribution in [1.82, 2.24) is 4.98 Å². The van der Waals surface area contributed by atoms with Crippen molar-refractivity contribution < 1.29 is 42.8 Å². The molecule has 0 fully saturated rings. The first kappa shape index (κ1) is 18.7. The molecule has 0 saturated heterocycles. The predicted octanol–water partition coefficient (Wildman–Crippen LogP) is -2.77. The Bertz CT molecular complexity index is 676. The number of ether oxygens (including phenoxy) is 1. The minimum Gasteiger partial charge on any atom is -0.462 e. The van der Waals surface area contributed by atoms with Gasteiger partial charge in [-0.3, -0.25) is 0 Å². The molecule has 8 nitrogen and oxygen atoms in total. The van der Waals surface area contributed by atoms with Crippen molar-refractivity contribution in [2.45, 2.75) is 27.7 Å². The largest absolute Gasteiger partial charge is 0.462 e.